The van der Waals surface area contributed by atoms with E-state index in [2.05, 4.69) is 12.1 Å². The number of non-ortho nitro benzene ring substituents is 1. The molecular formula is C21H17N3O2. The maximum atomic E-state index is 10.9. The fourth-order valence-electron chi connectivity index (χ4n) is 3.21. The minimum Gasteiger partial charge on any atom is -0.258 e. The van der Waals surface area contributed by atoms with Crippen LogP contribution >= 0.6 is 0 Å². The van der Waals surface area contributed by atoms with Gasteiger partial charge in [0.2, 0.25) is 0 Å². The van der Waals surface area contributed by atoms with E-state index in [0.717, 1.165) is 28.9 Å². The molecule has 128 valence electrons. The molecule has 3 aromatic carbocycles. The number of nitrogens with zero attached hydrogens (tertiary/aromatic N) is 3. The third-order valence-electron chi connectivity index (χ3n) is 4.53. The Morgan fingerprint density at radius 2 is 1.50 bits per heavy atom. The molecule has 1 heterocycles. The smallest absolute Gasteiger partial charge is 0.258 e. The number of rotatable bonds is 4. The van der Waals surface area contributed by atoms with Gasteiger partial charge in [0.1, 0.15) is 0 Å². The van der Waals surface area contributed by atoms with Crippen molar-refractivity contribution < 1.29 is 4.92 Å². The van der Waals surface area contributed by atoms with E-state index in [-0.39, 0.29) is 16.7 Å². The number of hydrazone groups is 1. The van der Waals surface area contributed by atoms with Crippen LogP contribution in [0.4, 0.5) is 11.4 Å². The molecule has 5 heteroatoms. The molecule has 0 saturated heterocycles. The molecule has 26 heavy (non-hydrogen) atoms. The van der Waals surface area contributed by atoms with Gasteiger partial charge in [-0.25, -0.2) is 0 Å². The van der Waals surface area contributed by atoms with Gasteiger partial charge < -0.3 is 0 Å². The number of hydrogen-bond acceptors (Lipinski definition) is 4. The lowest BCUT2D eigenvalue weighted by atomic mass is 9.98. The summed E-state index contributed by atoms with van der Waals surface area (Å²) in [5.41, 5.74) is 4.22. The summed E-state index contributed by atoms with van der Waals surface area (Å²) in [6.07, 6.45) is 0.747. The van der Waals surface area contributed by atoms with Crippen molar-refractivity contribution in [3.63, 3.8) is 0 Å². The van der Waals surface area contributed by atoms with E-state index in [1.165, 1.54) is 0 Å². The number of hydrogen-bond donors (Lipinski definition) is 0. The molecule has 0 spiro atoms. The zero-order valence-electron chi connectivity index (χ0n) is 14.0. The van der Waals surface area contributed by atoms with Crippen LogP contribution in [0.15, 0.2) is 90.0 Å². The average Bonchev–Trinajstić information content (AvgIpc) is 3.15. The van der Waals surface area contributed by atoms with E-state index in [1.54, 1.807) is 12.1 Å². The standard InChI is InChI=1S/C21H17N3O2/c25-24(26)19-13-11-17(12-14-19)21-15-20(16-7-3-1-4-8-16)22-23(21)18-9-5-2-6-10-18/h1-14,21H,15H2/t21-/m1/s1. The van der Waals surface area contributed by atoms with Crippen molar-refractivity contribution in [3.05, 3.63) is 106 Å². The van der Waals surface area contributed by atoms with Gasteiger partial charge in [-0.15, -0.1) is 0 Å². The van der Waals surface area contributed by atoms with Gasteiger partial charge in [0, 0.05) is 18.6 Å². The molecular weight excluding hydrogens is 326 g/mol. The maximum absolute atomic E-state index is 10.9. The molecule has 0 radical (unpaired) electrons. The van der Waals surface area contributed by atoms with Gasteiger partial charge in [0.05, 0.1) is 22.4 Å². The topological polar surface area (TPSA) is 58.7 Å². The van der Waals surface area contributed by atoms with Gasteiger partial charge in [0.25, 0.3) is 5.69 Å². The Hall–Kier alpha value is -3.47. The molecule has 0 N–H and O–H groups in total. The second-order valence-electron chi connectivity index (χ2n) is 6.16. The highest BCUT2D eigenvalue weighted by Crippen LogP contribution is 2.36. The molecule has 1 aliphatic rings. The largest absolute Gasteiger partial charge is 0.269 e. The van der Waals surface area contributed by atoms with Gasteiger partial charge >= 0.3 is 0 Å². The zero-order valence-corrected chi connectivity index (χ0v) is 14.0. The summed E-state index contributed by atoms with van der Waals surface area (Å²) in [5.74, 6) is 0. The first-order valence-electron chi connectivity index (χ1n) is 8.44. The minimum atomic E-state index is -0.376. The normalized spacial score (nSPS) is 16.4. The van der Waals surface area contributed by atoms with Crippen molar-refractivity contribution in [3.8, 4) is 0 Å². The number of para-hydroxylation sites is 1. The van der Waals surface area contributed by atoms with E-state index in [0.29, 0.717) is 0 Å². The van der Waals surface area contributed by atoms with Crippen molar-refractivity contribution in [2.24, 2.45) is 5.10 Å². The summed E-state index contributed by atoms with van der Waals surface area (Å²) in [6, 6.07) is 26.9. The lowest BCUT2D eigenvalue weighted by Crippen LogP contribution is -2.18. The van der Waals surface area contributed by atoms with Crippen molar-refractivity contribution in [2.75, 3.05) is 5.01 Å². The van der Waals surface area contributed by atoms with Gasteiger partial charge in [-0.2, -0.15) is 5.10 Å². The Kier molecular flexibility index (Phi) is 4.19. The SMILES string of the molecule is O=[N+]([O-])c1ccc([C@H]2CC(c3ccccc3)=NN2c2ccccc2)cc1. The average molecular weight is 343 g/mol. The summed E-state index contributed by atoms with van der Waals surface area (Å²) in [5, 5.41) is 17.8. The highest BCUT2D eigenvalue weighted by atomic mass is 16.6. The van der Waals surface area contributed by atoms with E-state index >= 15 is 0 Å². The van der Waals surface area contributed by atoms with Gasteiger partial charge in [0.15, 0.2) is 0 Å². The lowest BCUT2D eigenvalue weighted by molar-refractivity contribution is -0.384. The summed E-state index contributed by atoms with van der Waals surface area (Å²) >= 11 is 0. The van der Waals surface area contributed by atoms with Crippen molar-refractivity contribution >= 4 is 17.1 Å². The Bertz CT molecular complexity index is 938. The van der Waals surface area contributed by atoms with E-state index in [1.807, 2.05) is 65.7 Å². The first-order valence-corrected chi connectivity index (χ1v) is 8.44. The van der Waals surface area contributed by atoms with Crippen LogP contribution in [0.3, 0.4) is 0 Å². The molecule has 0 saturated carbocycles. The summed E-state index contributed by atoms with van der Waals surface area (Å²) < 4.78 is 0. The fourth-order valence-corrected chi connectivity index (χ4v) is 3.21. The second-order valence-corrected chi connectivity index (χ2v) is 6.16. The molecule has 1 aliphatic heterocycles. The van der Waals surface area contributed by atoms with Crippen LogP contribution in [0.25, 0.3) is 0 Å². The molecule has 1 atom stereocenters. The zero-order chi connectivity index (χ0) is 17.9. The molecule has 3 aromatic rings. The Morgan fingerprint density at radius 3 is 2.12 bits per heavy atom. The Labute approximate surface area is 151 Å². The van der Waals surface area contributed by atoms with E-state index < -0.39 is 0 Å². The Balaban J connectivity index is 1.72. The summed E-state index contributed by atoms with van der Waals surface area (Å²) in [4.78, 5) is 10.6. The Morgan fingerprint density at radius 1 is 0.885 bits per heavy atom. The van der Waals surface area contributed by atoms with E-state index in [4.69, 9.17) is 5.10 Å². The third-order valence-corrected chi connectivity index (χ3v) is 4.53. The molecule has 0 amide bonds. The minimum absolute atomic E-state index is 0.00779. The van der Waals surface area contributed by atoms with Crippen molar-refractivity contribution in [1.29, 1.82) is 0 Å². The third kappa shape index (κ3) is 3.07. The van der Waals surface area contributed by atoms with Crippen LogP contribution < -0.4 is 5.01 Å². The predicted molar refractivity (Wildman–Crippen MR) is 102 cm³/mol. The van der Waals surface area contributed by atoms with Gasteiger partial charge in [-0.3, -0.25) is 15.1 Å². The molecule has 0 aromatic heterocycles. The quantitative estimate of drug-likeness (QED) is 0.497. The van der Waals surface area contributed by atoms with Crippen LogP contribution in [-0.2, 0) is 0 Å². The van der Waals surface area contributed by atoms with E-state index in [9.17, 15) is 10.1 Å². The van der Waals surface area contributed by atoms with Gasteiger partial charge in [-0.1, -0.05) is 60.7 Å². The van der Waals surface area contributed by atoms with Crippen LogP contribution in [0, 0.1) is 10.1 Å². The lowest BCUT2D eigenvalue weighted by Gasteiger charge is -2.23. The van der Waals surface area contributed by atoms with Crippen LogP contribution in [-0.4, -0.2) is 10.6 Å². The van der Waals surface area contributed by atoms with Crippen molar-refractivity contribution in [1.82, 2.24) is 0 Å². The molecule has 4 rings (SSSR count). The first-order chi connectivity index (χ1) is 12.7. The van der Waals surface area contributed by atoms with Crippen LogP contribution in [0.5, 0.6) is 0 Å². The summed E-state index contributed by atoms with van der Waals surface area (Å²) in [6.45, 7) is 0. The molecule has 0 fully saturated rings. The second kappa shape index (κ2) is 6.80. The molecule has 0 aliphatic carbocycles. The number of benzene rings is 3. The number of nitro benzene ring substituents is 1. The van der Waals surface area contributed by atoms with Gasteiger partial charge in [-0.05, 0) is 23.3 Å². The summed E-state index contributed by atoms with van der Waals surface area (Å²) in [7, 11) is 0. The first kappa shape index (κ1) is 16.0. The highest BCUT2D eigenvalue weighted by molar-refractivity contribution is 6.03. The number of anilines is 1. The van der Waals surface area contributed by atoms with Crippen LogP contribution in [0.1, 0.15) is 23.6 Å². The fraction of sp³-hybridized carbons (Fsp3) is 0.0952. The monoisotopic (exact) mass is 343 g/mol. The highest BCUT2D eigenvalue weighted by Gasteiger charge is 2.30. The van der Waals surface area contributed by atoms with Crippen molar-refractivity contribution in [2.45, 2.75) is 12.5 Å². The molecule has 0 bridgehead atoms. The van der Waals surface area contributed by atoms with Crippen LogP contribution in [0.2, 0.25) is 0 Å². The maximum Gasteiger partial charge on any atom is 0.269 e. The molecule has 0 unspecified atom stereocenters. The number of nitro groups is 1. The predicted octanol–water partition coefficient (Wildman–Crippen LogP) is 4.95. The molecule has 5 nitrogen and oxygen atoms in total.